The summed E-state index contributed by atoms with van der Waals surface area (Å²) >= 11 is 0. The smallest absolute Gasteiger partial charge is 0.155 e. The summed E-state index contributed by atoms with van der Waals surface area (Å²) in [5, 5.41) is 3.26. The van der Waals surface area contributed by atoms with E-state index in [0.29, 0.717) is 0 Å². The van der Waals surface area contributed by atoms with Gasteiger partial charge in [0.05, 0.1) is 17.3 Å². The molecule has 3 heteroatoms. The van der Waals surface area contributed by atoms with E-state index in [1.807, 2.05) is 6.20 Å². The molecule has 3 nitrogen and oxygen atoms in total. The Bertz CT molecular complexity index is 3090. The second-order valence-electron chi connectivity index (χ2n) is 14.7. The molecule has 256 valence electrons. The molecule has 0 saturated carbocycles. The van der Waals surface area contributed by atoms with Crippen LogP contribution in [0.15, 0.2) is 199 Å². The third kappa shape index (κ3) is 4.18. The van der Waals surface area contributed by atoms with Crippen LogP contribution in [0.25, 0.3) is 66.2 Å². The molecule has 2 aliphatic rings. The topological polar surface area (TPSA) is 29.3 Å². The highest BCUT2D eigenvalue weighted by atomic mass is 16.3. The molecule has 10 aromatic rings. The first-order valence-corrected chi connectivity index (χ1v) is 18.9. The van der Waals surface area contributed by atoms with Crippen molar-refractivity contribution in [2.45, 2.75) is 5.41 Å². The number of fused-ring (bicyclic) bond motifs is 15. The predicted octanol–water partition coefficient (Wildman–Crippen LogP) is 13.6. The maximum absolute atomic E-state index is 6.69. The van der Waals surface area contributed by atoms with Crippen molar-refractivity contribution in [3.8, 4) is 33.4 Å². The molecule has 0 bridgehead atoms. The standard InChI is InChI=1S/C52H32N2O/c1-2-12-33(13-3-1)34-22-25-36(26-23-34)54(38-31-49-50(53-32-38)44-28-24-35-14-4-5-15-39(35)51(44)55-49)37-27-29-43-42-18-8-11-21-47(42)52(48(43)30-37)45-19-9-6-16-40(45)41-17-7-10-20-46(41)52/h1-32H. The molecule has 8 aromatic carbocycles. The van der Waals surface area contributed by atoms with Crippen LogP contribution in [0, 0.1) is 0 Å². The molecule has 0 saturated heterocycles. The van der Waals surface area contributed by atoms with E-state index in [2.05, 4.69) is 193 Å². The Labute approximate surface area is 318 Å². The van der Waals surface area contributed by atoms with Crippen LogP contribution < -0.4 is 4.90 Å². The van der Waals surface area contributed by atoms with Gasteiger partial charge in [-0.3, -0.25) is 0 Å². The van der Waals surface area contributed by atoms with Gasteiger partial charge in [-0.15, -0.1) is 0 Å². The molecule has 12 rings (SSSR count). The largest absolute Gasteiger partial charge is 0.454 e. The average molecular weight is 701 g/mol. The summed E-state index contributed by atoms with van der Waals surface area (Å²) in [5.74, 6) is 0. The zero-order valence-corrected chi connectivity index (χ0v) is 29.8. The monoisotopic (exact) mass is 700 g/mol. The third-order valence-electron chi connectivity index (χ3n) is 11.9. The molecule has 55 heavy (non-hydrogen) atoms. The number of aromatic nitrogens is 1. The fourth-order valence-corrected chi connectivity index (χ4v) is 9.59. The van der Waals surface area contributed by atoms with Gasteiger partial charge in [0.25, 0.3) is 0 Å². The first kappa shape index (κ1) is 30.3. The summed E-state index contributed by atoms with van der Waals surface area (Å²) in [6, 6.07) is 68.2. The number of furan rings is 1. The third-order valence-corrected chi connectivity index (χ3v) is 11.9. The Balaban J connectivity index is 1.10. The number of hydrogen-bond donors (Lipinski definition) is 0. The molecule has 0 aliphatic heterocycles. The molecule has 0 unspecified atom stereocenters. The molecule has 2 aliphatic carbocycles. The van der Waals surface area contributed by atoms with Gasteiger partial charge < -0.3 is 9.32 Å². The molecule has 1 spiro atoms. The molecule has 0 atom stereocenters. The highest BCUT2D eigenvalue weighted by Crippen LogP contribution is 2.63. The normalized spacial score (nSPS) is 13.2. The minimum absolute atomic E-state index is 0.444. The number of rotatable bonds is 4. The van der Waals surface area contributed by atoms with Gasteiger partial charge in [0.2, 0.25) is 0 Å². The lowest BCUT2D eigenvalue weighted by Crippen LogP contribution is -2.26. The van der Waals surface area contributed by atoms with Gasteiger partial charge >= 0.3 is 0 Å². The first-order valence-electron chi connectivity index (χ1n) is 18.9. The first-order chi connectivity index (χ1) is 27.3. The summed E-state index contributed by atoms with van der Waals surface area (Å²) in [7, 11) is 0. The lowest BCUT2D eigenvalue weighted by Gasteiger charge is -2.32. The van der Waals surface area contributed by atoms with E-state index in [-0.39, 0.29) is 0 Å². The van der Waals surface area contributed by atoms with Crippen molar-refractivity contribution in [3.05, 3.63) is 217 Å². The fraction of sp³-hybridized carbons (Fsp3) is 0.0192. The lowest BCUT2D eigenvalue weighted by molar-refractivity contribution is 0.672. The summed E-state index contributed by atoms with van der Waals surface area (Å²) in [5.41, 5.74) is 17.9. The van der Waals surface area contributed by atoms with Crippen molar-refractivity contribution < 1.29 is 4.42 Å². The van der Waals surface area contributed by atoms with Crippen molar-refractivity contribution in [2.75, 3.05) is 4.90 Å². The van der Waals surface area contributed by atoms with Crippen LogP contribution in [-0.4, -0.2) is 4.98 Å². The highest BCUT2D eigenvalue weighted by Gasteiger charge is 2.51. The Kier molecular flexibility index (Phi) is 6.26. The van der Waals surface area contributed by atoms with Gasteiger partial charge in [-0.2, -0.15) is 0 Å². The van der Waals surface area contributed by atoms with Crippen LogP contribution in [0.2, 0.25) is 0 Å². The highest BCUT2D eigenvalue weighted by molar-refractivity contribution is 6.14. The molecular formula is C52H32N2O. The van der Waals surface area contributed by atoms with E-state index in [0.717, 1.165) is 49.9 Å². The quantitative estimate of drug-likeness (QED) is 0.183. The van der Waals surface area contributed by atoms with Gasteiger partial charge in [0, 0.05) is 28.2 Å². The van der Waals surface area contributed by atoms with Crippen molar-refractivity contribution >= 4 is 49.9 Å². The van der Waals surface area contributed by atoms with Crippen molar-refractivity contribution in [3.63, 3.8) is 0 Å². The summed E-state index contributed by atoms with van der Waals surface area (Å²) in [6.07, 6.45) is 2.00. The summed E-state index contributed by atoms with van der Waals surface area (Å²) in [6.45, 7) is 0. The Morgan fingerprint density at radius 3 is 1.71 bits per heavy atom. The number of nitrogens with zero attached hydrogens (tertiary/aromatic N) is 2. The van der Waals surface area contributed by atoms with E-state index in [1.54, 1.807) is 0 Å². The Morgan fingerprint density at radius 1 is 0.418 bits per heavy atom. The fourth-order valence-electron chi connectivity index (χ4n) is 9.59. The van der Waals surface area contributed by atoms with Crippen molar-refractivity contribution in [2.24, 2.45) is 0 Å². The van der Waals surface area contributed by atoms with Crippen LogP contribution in [-0.2, 0) is 5.41 Å². The van der Waals surface area contributed by atoms with Crippen LogP contribution in [0.4, 0.5) is 17.1 Å². The number of hydrogen-bond acceptors (Lipinski definition) is 3. The van der Waals surface area contributed by atoms with E-state index < -0.39 is 5.41 Å². The van der Waals surface area contributed by atoms with Gasteiger partial charge in [-0.05, 0) is 91.4 Å². The minimum atomic E-state index is -0.444. The maximum Gasteiger partial charge on any atom is 0.155 e. The van der Waals surface area contributed by atoms with Gasteiger partial charge in [-0.1, -0.05) is 152 Å². The zero-order chi connectivity index (χ0) is 36.1. The summed E-state index contributed by atoms with van der Waals surface area (Å²) in [4.78, 5) is 7.44. The van der Waals surface area contributed by atoms with E-state index >= 15 is 0 Å². The van der Waals surface area contributed by atoms with E-state index in [1.165, 1.54) is 55.6 Å². The summed E-state index contributed by atoms with van der Waals surface area (Å²) < 4.78 is 6.69. The van der Waals surface area contributed by atoms with Gasteiger partial charge in [0.15, 0.2) is 5.58 Å². The van der Waals surface area contributed by atoms with Gasteiger partial charge in [0.1, 0.15) is 11.1 Å². The van der Waals surface area contributed by atoms with E-state index in [9.17, 15) is 0 Å². The molecule has 0 fully saturated rings. The maximum atomic E-state index is 6.69. The second-order valence-corrected chi connectivity index (χ2v) is 14.7. The van der Waals surface area contributed by atoms with Crippen LogP contribution in [0.5, 0.6) is 0 Å². The van der Waals surface area contributed by atoms with Crippen molar-refractivity contribution in [1.29, 1.82) is 0 Å². The number of anilines is 3. The molecule has 0 amide bonds. The molecule has 0 N–H and O–H groups in total. The Morgan fingerprint density at radius 2 is 1.00 bits per heavy atom. The molecular weight excluding hydrogens is 669 g/mol. The van der Waals surface area contributed by atoms with E-state index in [4.69, 9.17) is 9.40 Å². The van der Waals surface area contributed by atoms with Crippen LogP contribution in [0.1, 0.15) is 22.3 Å². The zero-order valence-electron chi connectivity index (χ0n) is 29.8. The predicted molar refractivity (Wildman–Crippen MR) is 225 cm³/mol. The molecule has 2 heterocycles. The molecule has 0 radical (unpaired) electrons. The van der Waals surface area contributed by atoms with Gasteiger partial charge in [-0.25, -0.2) is 4.98 Å². The lowest BCUT2D eigenvalue weighted by atomic mass is 9.70. The Hall–Kier alpha value is -7.23. The minimum Gasteiger partial charge on any atom is -0.454 e. The van der Waals surface area contributed by atoms with Crippen LogP contribution in [0.3, 0.4) is 0 Å². The second kappa shape index (κ2) is 11.4. The average Bonchev–Trinajstić information content (AvgIpc) is 3.88. The SMILES string of the molecule is c1ccc(-c2ccc(N(c3ccc4c(c3)C3(c5ccccc5-c5ccccc53)c3ccccc3-4)c3cnc4c(c3)oc3c5ccccc5ccc43)cc2)cc1. The van der Waals surface area contributed by atoms with Crippen LogP contribution >= 0.6 is 0 Å². The molecule has 2 aromatic heterocycles. The number of benzene rings is 8. The number of pyridine rings is 1. The van der Waals surface area contributed by atoms with Crippen molar-refractivity contribution in [1.82, 2.24) is 4.98 Å².